The van der Waals surface area contributed by atoms with Crippen molar-refractivity contribution in [3.05, 3.63) is 0 Å². The van der Waals surface area contributed by atoms with E-state index in [0.29, 0.717) is 13.0 Å². The first-order valence-corrected chi connectivity index (χ1v) is 5.33. The fourth-order valence-corrected chi connectivity index (χ4v) is 1.60. The zero-order valence-electron chi connectivity index (χ0n) is 9.96. The van der Waals surface area contributed by atoms with Crippen LogP contribution in [0.15, 0.2) is 0 Å². The molecule has 0 aliphatic carbocycles. The minimum atomic E-state index is -0.353. The molecule has 1 rings (SSSR count). The van der Waals surface area contributed by atoms with Crippen LogP contribution in [0.3, 0.4) is 0 Å². The van der Waals surface area contributed by atoms with Crippen LogP contribution < -0.4 is 5.32 Å². The normalized spacial score (nSPS) is 22.0. The Hall–Kier alpha value is -1.06. The topological polar surface area (TPSA) is 49.4 Å². The average molecular weight is 212 g/mol. The molecule has 4 heteroatoms. The highest BCUT2D eigenvalue weighted by Crippen LogP contribution is 2.16. The molecule has 0 aromatic carbocycles. The summed E-state index contributed by atoms with van der Waals surface area (Å²) in [5, 5.41) is 2.89. The molecule has 0 aromatic heterocycles. The number of hydrogen-bond acceptors (Lipinski definition) is 2. The molecule has 0 bridgehead atoms. The molecule has 1 heterocycles. The van der Waals surface area contributed by atoms with Crippen molar-refractivity contribution in [1.82, 2.24) is 10.2 Å². The van der Waals surface area contributed by atoms with Gasteiger partial charge in [0.05, 0.1) is 0 Å². The van der Waals surface area contributed by atoms with Crippen molar-refractivity contribution in [1.29, 1.82) is 0 Å². The van der Waals surface area contributed by atoms with Gasteiger partial charge < -0.3 is 10.2 Å². The Morgan fingerprint density at radius 3 is 2.53 bits per heavy atom. The first kappa shape index (κ1) is 12.0. The Balaban J connectivity index is 2.33. The number of likely N-dealkylation sites (tertiary alicyclic amines) is 1. The van der Waals surface area contributed by atoms with Crippen molar-refractivity contribution < 1.29 is 9.59 Å². The summed E-state index contributed by atoms with van der Waals surface area (Å²) in [4.78, 5) is 24.5. The second-order valence-corrected chi connectivity index (χ2v) is 5.30. The van der Waals surface area contributed by atoms with E-state index >= 15 is 0 Å². The molecule has 0 saturated carbocycles. The van der Waals surface area contributed by atoms with E-state index in [1.54, 1.807) is 11.9 Å². The highest BCUT2D eigenvalue weighted by atomic mass is 16.2. The molecule has 1 fully saturated rings. The van der Waals surface area contributed by atoms with Crippen molar-refractivity contribution in [3.63, 3.8) is 0 Å². The van der Waals surface area contributed by atoms with Gasteiger partial charge in [-0.2, -0.15) is 0 Å². The summed E-state index contributed by atoms with van der Waals surface area (Å²) in [6.07, 6.45) is 0.556. The molecule has 2 amide bonds. The molecule has 1 saturated heterocycles. The van der Waals surface area contributed by atoms with Crippen LogP contribution in [0.1, 0.15) is 27.2 Å². The SMILES string of the molecule is CN1CC(CNC(=O)C(C)(C)C)CC1=O. The summed E-state index contributed by atoms with van der Waals surface area (Å²) in [7, 11) is 1.80. The van der Waals surface area contributed by atoms with Gasteiger partial charge in [-0.15, -0.1) is 0 Å². The lowest BCUT2D eigenvalue weighted by atomic mass is 9.95. The van der Waals surface area contributed by atoms with Gasteiger partial charge in [0.1, 0.15) is 0 Å². The summed E-state index contributed by atoms with van der Waals surface area (Å²) < 4.78 is 0. The van der Waals surface area contributed by atoms with Gasteiger partial charge in [-0.3, -0.25) is 9.59 Å². The third-order valence-electron chi connectivity index (χ3n) is 2.65. The Bertz CT molecular complexity index is 268. The summed E-state index contributed by atoms with van der Waals surface area (Å²) in [5.41, 5.74) is -0.353. The van der Waals surface area contributed by atoms with Crippen molar-refractivity contribution in [2.45, 2.75) is 27.2 Å². The Morgan fingerprint density at radius 2 is 2.13 bits per heavy atom. The van der Waals surface area contributed by atoms with Crippen LogP contribution in [0.25, 0.3) is 0 Å². The molecule has 15 heavy (non-hydrogen) atoms. The molecular weight excluding hydrogens is 192 g/mol. The predicted octanol–water partition coefficient (Wildman–Crippen LogP) is 0.627. The first-order chi connectivity index (χ1) is 6.80. The monoisotopic (exact) mass is 212 g/mol. The maximum atomic E-state index is 11.6. The molecule has 1 N–H and O–H groups in total. The van der Waals surface area contributed by atoms with E-state index in [1.165, 1.54) is 0 Å². The maximum absolute atomic E-state index is 11.6. The van der Waals surface area contributed by atoms with Crippen LogP contribution in [0.2, 0.25) is 0 Å². The van der Waals surface area contributed by atoms with E-state index in [0.717, 1.165) is 6.54 Å². The van der Waals surface area contributed by atoms with Gasteiger partial charge in [-0.25, -0.2) is 0 Å². The molecule has 1 atom stereocenters. The molecular formula is C11H20N2O2. The Labute approximate surface area is 91.0 Å². The predicted molar refractivity (Wildman–Crippen MR) is 58.2 cm³/mol. The zero-order chi connectivity index (χ0) is 11.6. The minimum absolute atomic E-state index is 0.0458. The summed E-state index contributed by atoms with van der Waals surface area (Å²) >= 11 is 0. The van der Waals surface area contributed by atoms with E-state index < -0.39 is 0 Å². The highest BCUT2D eigenvalue weighted by Gasteiger charge is 2.28. The Kier molecular flexibility index (Phi) is 3.37. The molecule has 1 aliphatic heterocycles. The van der Waals surface area contributed by atoms with Crippen LogP contribution in [-0.2, 0) is 9.59 Å². The largest absolute Gasteiger partial charge is 0.355 e. The number of nitrogens with one attached hydrogen (secondary N) is 1. The molecule has 1 aliphatic rings. The van der Waals surface area contributed by atoms with Gasteiger partial charge >= 0.3 is 0 Å². The van der Waals surface area contributed by atoms with Gasteiger partial charge in [0.15, 0.2) is 0 Å². The van der Waals surface area contributed by atoms with Crippen LogP contribution in [0.5, 0.6) is 0 Å². The number of nitrogens with zero attached hydrogens (tertiary/aromatic N) is 1. The fraction of sp³-hybridized carbons (Fsp3) is 0.818. The number of rotatable bonds is 2. The quantitative estimate of drug-likeness (QED) is 0.729. The smallest absolute Gasteiger partial charge is 0.225 e. The minimum Gasteiger partial charge on any atom is -0.355 e. The molecule has 1 unspecified atom stereocenters. The Morgan fingerprint density at radius 1 is 1.53 bits per heavy atom. The van der Waals surface area contributed by atoms with E-state index in [-0.39, 0.29) is 23.1 Å². The number of hydrogen-bond donors (Lipinski definition) is 1. The molecule has 4 nitrogen and oxygen atoms in total. The van der Waals surface area contributed by atoms with Crippen LogP contribution in [-0.4, -0.2) is 36.9 Å². The number of amides is 2. The lowest BCUT2D eigenvalue weighted by molar-refractivity contribution is -0.129. The van der Waals surface area contributed by atoms with Gasteiger partial charge in [0.2, 0.25) is 11.8 Å². The third-order valence-corrected chi connectivity index (χ3v) is 2.65. The van der Waals surface area contributed by atoms with Crippen LogP contribution in [0.4, 0.5) is 0 Å². The second kappa shape index (κ2) is 4.21. The standard InChI is InChI=1S/C11H20N2O2/c1-11(2,3)10(15)12-6-8-5-9(14)13(4)7-8/h8H,5-7H2,1-4H3,(H,12,15). The number of carbonyl (C=O) groups excluding carboxylic acids is 2. The van der Waals surface area contributed by atoms with Crippen LogP contribution >= 0.6 is 0 Å². The summed E-state index contributed by atoms with van der Waals surface area (Å²) in [6, 6.07) is 0. The zero-order valence-corrected chi connectivity index (χ0v) is 9.96. The van der Waals surface area contributed by atoms with Gasteiger partial charge in [-0.05, 0) is 0 Å². The van der Waals surface area contributed by atoms with Gasteiger partial charge in [-0.1, -0.05) is 20.8 Å². The van der Waals surface area contributed by atoms with E-state index in [1.807, 2.05) is 20.8 Å². The lowest BCUT2D eigenvalue weighted by Gasteiger charge is -2.19. The van der Waals surface area contributed by atoms with Crippen molar-refractivity contribution >= 4 is 11.8 Å². The molecule has 0 spiro atoms. The maximum Gasteiger partial charge on any atom is 0.225 e. The van der Waals surface area contributed by atoms with Crippen molar-refractivity contribution in [2.75, 3.05) is 20.1 Å². The van der Waals surface area contributed by atoms with Gasteiger partial charge in [0.25, 0.3) is 0 Å². The third kappa shape index (κ3) is 3.22. The van der Waals surface area contributed by atoms with E-state index in [2.05, 4.69) is 5.32 Å². The molecule has 0 radical (unpaired) electrons. The van der Waals surface area contributed by atoms with E-state index in [4.69, 9.17) is 0 Å². The first-order valence-electron chi connectivity index (χ1n) is 5.33. The molecule has 0 aromatic rings. The summed E-state index contributed by atoms with van der Waals surface area (Å²) in [5.74, 6) is 0.489. The summed E-state index contributed by atoms with van der Waals surface area (Å²) in [6.45, 7) is 7.01. The second-order valence-electron chi connectivity index (χ2n) is 5.30. The average Bonchev–Trinajstić information content (AvgIpc) is 2.41. The van der Waals surface area contributed by atoms with Crippen molar-refractivity contribution in [2.24, 2.45) is 11.3 Å². The number of carbonyl (C=O) groups is 2. The fourth-order valence-electron chi connectivity index (χ4n) is 1.60. The van der Waals surface area contributed by atoms with Crippen molar-refractivity contribution in [3.8, 4) is 0 Å². The van der Waals surface area contributed by atoms with Gasteiger partial charge in [0, 0.05) is 37.9 Å². The van der Waals surface area contributed by atoms with Crippen LogP contribution in [0, 0.1) is 11.3 Å². The molecule has 86 valence electrons. The van der Waals surface area contributed by atoms with E-state index in [9.17, 15) is 9.59 Å². The lowest BCUT2D eigenvalue weighted by Crippen LogP contribution is -2.38. The highest BCUT2D eigenvalue weighted by molar-refractivity contribution is 5.81.